The van der Waals surface area contributed by atoms with Crippen LogP contribution in [0.15, 0.2) is 131 Å². The Bertz CT molecular complexity index is 336. The van der Waals surface area contributed by atoms with Gasteiger partial charge < -0.3 is 35.0 Å². The van der Waals surface area contributed by atoms with Crippen molar-refractivity contribution in [2.75, 3.05) is 33.0 Å². The predicted molar refractivity (Wildman–Crippen MR) is 183 cm³/mol. The molecule has 0 saturated carbocycles. The van der Waals surface area contributed by atoms with Crippen molar-refractivity contribution in [3.05, 3.63) is 131 Å². The highest BCUT2D eigenvalue weighted by molar-refractivity contribution is 5.78. The van der Waals surface area contributed by atoms with E-state index in [2.05, 4.69) is 125 Å². The first-order valence-corrected chi connectivity index (χ1v) is 11.3. The number of hydrogen-bond donors (Lipinski definition) is 5. The van der Waals surface area contributed by atoms with Crippen LogP contribution in [0.5, 0.6) is 0 Å². The molecule has 0 aliphatic carbocycles. The van der Waals surface area contributed by atoms with Gasteiger partial charge in [0.05, 0.1) is 51.3 Å². The second kappa shape index (κ2) is 155. The molecular formula is C32H66O8. The van der Waals surface area contributed by atoms with Crippen molar-refractivity contribution >= 4 is 5.97 Å². The molecule has 0 spiro atoms. The van der Waals surface area contributed by atoms with Gasteiger partial charge in [0.2, 0.25) is 0 Å². The van der Waals surface area contributed by atoms with Gasteiger partial charge in [-0.1, -0.05) is 6.58 Å². The summed E-state index contributed by atoms with van der Waals surface area (Å²) in [5.41, 5.74) is 0. The van der Waals surface area contributed by atoms with E-state index in [-0.39, 0.29) is 32.0 Å². The molecule has 0 rings (SSSR count). The molecule has 0 bridgehead atoms. The maximum atomic E-state index is 9.25. The van der Waals surface area contributed by atoms with Crippen molar-refractivity contribution in [3.63, 3.8) is 0 Å². The number of aliphatic hydroxyl groups excluding tert-OH is 4. The highest BCUT2D eigenvalue weighted by atomic mass is 16.5. The summed E-state index contributed by atoms with van der Waals surface area (Å²) in [4.78, 5) is 9.25. The summed E-state index contributed by atoms with van der Waals surface area (Å²) in [5, 5.41) is 40.4. The fourth-order valence-corrected chi connectivity index (χ4v) is 0.704. The molecule has 0 aliphatic rings. The molecule has 40 heavy (non-hydrogen) atoms. The standard InChI is InChI=1S/C9H20O4.C3H4O2.C2H6O2.9C2H4/c1-7(11)5-12-9(3)6-13-8(2)4-10;1-2-3(4)5;3-1-2-4;9*1-2/h7-11H,4-6H2,1-3H3;2H,1H2,(H,4,5);3-4H,1-2H2;9*1-2H2. The second-order valence-corrected chi connectivity index (χ2v) is 4.31. The summed E-state index contributed by atoms with van der Waals surface area (Å²) < 4.78 is 10.5. The third-order valence-electron chi connectivity index (χ3n) is 1.77. The van der Waals surface area contributed by atoms with Crippen LogP contribution in [-0.4, -0.2) is 82.8 Å². The van der Waals surface area contributed by atoms with Crippen LogP contribution in [0.4, 0.5) is 0 Å². The first-order valence-electron chi connectivity index (χ1n) is 11.3. The van der Waals surface area contributed by atoms with E-state index >= 15 is 0 Å². The van der Waals surface area contributed by atoms with Crippen molar-refractivity contribution < 1.29 is 39.8 Å². The summed E-state index contributed by atoms with van der Waals surface area (Å²) >= 11 is 0. The average Bonchev–Trinajstić information content (AvgIpc) is 3.07. The van der Waals surface area contributed by atoms with E-state index in [0.717, 1.165) is 6.08 Å². The maximum Gasteiger partial charge on any atom is 0.327 e. The molecule has 0 radical (unpaired) electrons. The molecule has 0 aliphatic heterocycles. The predicted octanol–water partition coefficient (Wildman–Crippen LogP) is 6.62. The Morgan fingerprint density at radius 1 is 0.600 bits per heavy atom. The van der Waals surface area contributed by atoms with Crippen LogP contribution >= 0.6 is 0 Å². The number of aliphatic carboxylic acids is 1. The van der Waals surface area contributed by atoms with Crippen LogP contribution in [0.1, 0.15) is 20.8 Å². The Kier molecular flexibility index (Phi) is 296. The Hall–Kier alpha value is -3.37. The first-order chi connectivity index (χ1) is 19.2. The van der Waals surface area contributed by atoms with Gasteiger partial charge in [-0.15, -0.1) is 118 Å². The minimum atomic E-state index is -0.981. The van der Waals surface area contributed by atoms with Crippen molar-refractivity contribution in [2.45, 2.75) is 39.1 Å². The van der Waals surface area contributed by atoms with Gasteiger partial charge in [-0.3, -0.25) is 0 Å². The summed E-state index contributed by atoms with van der Waals surface area (Å²) in [6.45, 7) is 62.8. The quantitative estimate of drug-likeness (QED) is 0.152. The fourth-order valence-electron chi connectivity index (χ4n) is 0.704. The number of carbonyl (C=O) groups is 1. The van der Waals surface area contributed by atoms with Gasteiger partial charge in [0, 0.05) is 6.08 Å². The van der Waals surface area contributed by atoms with Crippen LogP contribution < -0.4 is 0 Å². The summed E-state index contributed by atoms with van der Waals surface area (Å²) in [6, 6.07) is 0. The smallest absolute Gasteiger partial charge is 0.327 e. The molecule has 0 fully saturated rings. The van der Waals surface area contributed by atoms with Gasteiger partial charge >= 0.3 is 5.97 Å². The highest BCUT2D eigenvalue weighted by Crippen LogP contribution is 1.97. The fraction of sp³-hybridized carbons (Fsp3) is 0.344. The SMILES string of the molecule is C=C.C=C.C=C.C=C.C=C.C=C.C=C.C=C.C=C.C=CC(=O)O.CC(O)COC(C)COC(C)CO.OCCO. The minimum Gasteiger partial charge on any atom is -0.478 e. The van der Waals surface area contributed by atoms with Crippen LogP contribution in [0, 0.1) is 0 Å². The number of ether oxygens (including phenoxy) is 2. The normalized spacial score (nSPS) is 8.38. The van der Waals surface area contributed by atoms with E-state index in [0.29, 0.717) is 13.2 Å². The zero-order valence-electron chi connectivity index (χ0n) is 26.2. The number of aliphatic hydroxyl groups is 4. The second-order valence-electron chi connectivity index (χ2n) is 4.31. The van der Waals surface area contributed by atoms with Gasteiger partial charge in [-0.25, -0.2) is 4.79 Å². The lowest BCUT2D eigenvalue weighted by Gasteiger charge is -2.16. The Balaban J connectivity index is -0.0000000246. The van der Waals surface area contributed by atoms with Gasteiger partial charge in [0.1, 0.15) is 0 Å². The zero-order valence-corrected chi connectivity index (χ0v) is 26.2. The van der Waals surface area contributed by atoms with Crippen LogP contribution in [-0.2, 0) is 14.3 Å². The third-order valence-corrected chi connectivity index (χ3v) is 1.77. The van der Waals surface area contributed by atoms with Crippen molar-refractivity contribution in [2.24, 2.45) is 0 Å². The number of rotatable bonds is 9. The first kappa shape index (κ1) is 76.7. The molecular weight excluding hydrogens is 512 g/mol. The molecule has 8 nitrogen and oxygen atoms in total. The van der Waals surface area contributed by atoms with E-state index in [4.69, 9.17) is 35.0 Å². The van der Waals surface area contributed by atoms with Gasteiger partial charge in [0.25, 0.3) is 0 Å². The molecule has 0 heterocycles. The van der Waals surface area contributed by atoms with E-state index in [1.807, 2.05) is 6.92 Å². The van der Waals surface area contributed by atoms with Crippen LogP contribution in [0.2, 0.25) is 0 Å². The molecule has 0 aromatic heterocycles. The molecule has 8 heteroatoms. The summed E-state index contributed by atoms with van der Waals surface area (Å²) in [7, 11) is 0. The van der Waals surface area contributed by atoms with E-state index in [9.17, 15) is 4.79 Å². The van der Waals surface area contributed by atoms with Gasteiger partial charge in [-0.2, -0.15) is 0 Å². The van der Waals surface area contributed by atoms with E-state index in [1.54, 1.807) is 13.8 Å². The molecule has 3 atom stereocenters. The lowest BCUT2D eigenvalue weighted by Crippen LogP contribution is -2.24. The lowest BCUT2D eigenvalue weighted by molar-refractivity contribution is -0.131. The average molecular weight is 579 g/mol. The molecule has 3 unspecified atom stereocenters. The number of hydrogen-bond acceptors (Lipinski definition) is 7. The third kappa shape index (κ3) is 290. The van der Waals surface area contributed by atoms with Crippen molar-refractivity contribution in [1.82, 2.24) is 0 Å². The topological polar surface area (TPSA) is 137 Å². The molecule has 0 aromatic carbocycles. The molecule has 5 N–H and O–H groups in total. The van der Waals surface area contributed by atoms with Crippen molar-refractivity contribution in [1.29, 1.82) is 0 Å². The molecule has 0 aromatic rings. The van der Waals surface area contributed by atoms with E-state index in [1.165, 1.54) is 0 Å². The summed E-state index contributed by atoms with van der Waals surface area (Å²) in [6.07, 6.45) is 0.180. The summed E-state index contributed by atoms with van der Waals surface area (Å²) in [5.74, 6) is -0.981. The molecule has 0 saturated heterocycles. The Labute approximate surface area is 249 Å². The maximum absolute atomic E-state index is 9.25. The van der Waals surface area contributed by atoms with Crippen molar-refractivity contribution in [3.8, 4) is 0 Å². The Morgan fingerprint density at radius 2 is 0.825 bits per heavy atom. The minimum absolute atomic E-state index is 0.0170. The highest BCUT2D eigenvalue weighted by Gasteiger charge is 2.06. The lowest BCUT2D eigenvalue weighted by atomic mass is 10.4. The number of carboxylic acid groups (broad SMARTS) is 1. The molecule has 0 amide bonds. The molecule has 242 valence electrons. The monoisotopic (exact) mass is 578 g/mol. The largest absolute Gasteiger partial charge is 0.478 e. The zero-order chi connectivity index (χ0) is 36.0. The van der Waals surface area contributed by atoms with Gasteiger partial charge in [0.15, 0.2) is 0 Å². The van der Waals surface area contributed by atoms with Crippen LogP contribution in [0.3, 0.4) is 0 Å². The number of carboxylic acids is 1. The van der Waals surface area contributed by atoms with Crippen LogP contribution in [0.25, 0.3) is 0 Å². The Morgan fingerprint density at radius 3 is 0.975 bits per heavy atom. The van der Waals surface area contributed by atoms with Gasteiger partial charge in [-0.05, 0) is 20.8 Å². The van der Waals surface area contributed by atoms with E-state index < -0.39 is 12.1 Å².